The van der Waals surface area contributed by atoms with Gasteiger partial charge in [0, 0.05) is 17.1 Å². The van der Waals surface area contributed by atoms with Crippen LogP contribution in [0, 0.1) is 6.92 Å². The predicted molar refractivity (Wildman–Crippen MR) is 103 cm³/mol. The van der Waals surface area contributed by atoms with Crippen LogP contribution in [0.4, 0.5) is 0 Å². The van der Waals surface area contributed by atoms with Gasteiger partial charge in [0.1, 0.15) is 5.82 Å². The minimum Gasteiger partial charge on any atom is -0.361 e. The third-order valence-electron chi connectivity index (χ3n) is 4.65. The van der Waals surface area contributed by atoms with E-state index in [4.69, 9.17) is 5.73 Å². The van der Waals surface area contributed by atoms with Crippen LogP contribution < -0.4 is 11.1 Å². The molecule has 0 bridgehead atoms. The zero-order chi connectivity index (χ0) is 18.1. The highest BCUT2D eigenvalue weighted by Crippen LogP contribution is 2.19. The normalized spacial score (nSPS) is 12.5. The van der Waals surface area contributed by atoms with Crippen LogP contribution in [0.25, 0.3) is 21.9 Å². The average molecular weight is 347 g/mol. The second-order valence-corrected chi connectivity index (χ2v) is 6.54. The number of aromatic amines is 2. The van der Waals surface area contributed by atoms with Gasteiger partial charge in [-0.2, -0.15) is 0 Å². The molecule has 2 aromatic carbocycles. The summed E-state index contributed by atoms with van der Waals surface area (Å²) in [6.07, 6.45) is 2.40. The van der Waals surface area contributed by atoms with Crippen molar-refractivity contribution >= 4 is 27.8 Å². The zero-order valence-corrected chi connectivity index (χ0v) is 14.5. The molecule has 1 atom stereocenters. The summed E-state index contributed by atoms with van der Waals surface area (Å²) in [5.74, 6) is 0.536. The van der Waals surface area contributed by atoms with Crippen molar-refractivity contribution in [2.24, 2.45) is 5.73 Å². The Morgan fingerprint density at radius 1 is 1.19 bits per heavy atom. The molecular weight excluding hydrogens is 326 g/mol. The summed E-state index contributed by atoms with van der Waals surface area (Å²) in [6.45, 7) is 2.34. The maximum atomic E-state index is 12.4. The third-order valence-corrected chi connectivity index (χ3v) is 4.65. The average Bonchev–Trinajstić information content (AvgIpc) is 3.25. The summed E-state index contributed by atoms with van der Waals surface area (Å²) in [5.41, 5.74) is 11.2. The molecule has 2 aromatic heterocycles. The number of amides is 1. The van der Waals surface area contributed by atoms with Gasteiger partial charge in [-0.1, -0.05) is 30.3 Å². The lowest BCUT2D eigenvalue weighted by Crippen LogP contribution is -2.41. The standard InChI is InChI=1S/C20H21N5O/c1-12-5-4-8-17-19(12)25-18(24-17)11-23-20(26)15(21)9-13-10-22-16-7-3-2-6-14(13)16/h2-8,10,15,22H,9,11,21H2,1H3,(H,23,26)(H,24,25)/t15-/m0/s1. The number of para-hydroxylation sites is 2. The SMILES string of the molecule is Cc1cccc2[nH]c(CNC(=O)[C@@H](N)Cc3c[nH]c4ccccc34)nc12. The van der Waals surface area contributed by atoms with E-state index in [-0.39, 0.29) is 5.91 Å². The molecule has 26 heavy (non-hydrogen) atoms. The van der Waals surface area contributed by atoms with Gasteiger partial charge in [-0.05, 0) is 36.6 Å². The molecule has 0 saturated heterocycles. The molecule has 0 aliphatic heterocycles. The lowest BCUT2D eigenvalue weighted by molar-refractivity contribution is -0.122. The fourth-order valence-corrected chi connectivity index (χ4v) is 3.24. The summed E-state index contributed by atoms with van der Waals surface area (Å²) in [7, 11) is 0. The fraction of sp³-hybridized carbons (Fsp3) is 0.200. The smallest absolute Gasteiger partial charge is 0.237 e. The van der Waals surface area contributed by atoms with E-state index in [9.17, 15) is 4.79 Å². The summed E-state index contributed by atoms with van der Waals surface area (Å²) < 4.78 is 0. The Balaban J connectivity index is 1.41. The third kappa shape index (κ3) is 3.07. The number of hydrogen-bond donors (Lipinski definition) is 4. The van der Waals surface area contributed by atoms with Crippen molar-refractivity contribution in [1.29, 1.82) is 0 Å². The summed E-state index contributed by atoms with van der Waals surface area (Å²) in [5, 5.41) is 3.97. The topological polar surface area (TPSA) is 99.6 Å². The lowest BCUT2D eigenvalue weighted by atomic mass is 10.1. The first-order chi connectivity index (χ1) is 12.6. The van der Waals surface area contributed by atoms with Gasteiger partial charge in [0.05, 0.1) is 23.6 Å². The van der Waals surface area contributed by atoms with E-state index in [0.717, 1.165) is 38.9 Å². The highest BCUT2D eigenvalue weighted by Gasteiger charge is 2.16. The number of nitrogens with one attached hydrogen (secondary N) is 3. The molecule has 0 aliphatic rings. The first kappa shape index (κ1) is 16.4. The van der Waals surface area contributed by atoms with E-state index in [1.807, 2.05) is 55.6 Å². The maximum absolute atomic E-state index is 12.4. The van der Waals surface area contributed by atoms with E-state index in [2.05, 4.69) is 20.3 Å². The number of nitrogens with two attached hydrogens (primary N) is 1. The van der Waals surface area contributed by atoms with Crippen LogP contribution in [0.1, 0.15) is 17.0 Å². The van der Waals surface area contributed by atoms with Crippen molar-refractivity contribution in [3.63, 3.8) is 0 Å². The molecule has 0 spiro atoms. The Morgan fingerprint density at radius 2 is 2.00 bits per heavy atom. The van der Waals surface area contributed by atoms with Gasteiger partial charge in [-0.15, -0.1) is 0 Å². The number of imidazole rings is 1. The molecule has 0 aliphatic carbocycles. The first-order valence-corrected chi connectivity index (χ1v) is 8.64. The number of aryl methyl sites for hydroxylation is 1. The summed E-state index contributed by atoms with van der Waals surface area (Å²) in [4.78, 5) is 23.4. The monoisotopic (exact) mass is 347 g/mol. The van der Waals surface area contributed by atoms with Crippen LogP contribution in [-0.4, -0.2) is 26.9 Å². The predicted octanol–water partition coefficient (Wildman–Crippen LogP) is 2.54. The van der Waals surface area contributed by atoms with Gasteiger partial charge in [0.15, 0.2) is 0 Å². The number of nitrogens with zero attached hydrogens (tertiary/aromatic N) is 1. The van der Waals surface area contributed by atoms with E-state index >= 15 is 0 Å². The van der Waals surface area contributed by atoms with Crippen LogP contribution >= 0.6 is 0 Å². The van der Waals surface area contributed by atoms with E-state index < -0.39 is 6.04 Å². The van der Waals surface area contributed by atoms with Crippen LogP contribution in [-0.2, 0) is 17.8 Å². The first-order valence-electron chi connectivity index (χ1n) is 8.64. The number of carbonyl (C=O) groups excluding carboxylic acids is 1. The second-order valence-electron chi connectivity index (χ2n) is 6.54. The number of carbonyl (C=O) groups is 1. The van der Waals surface area contributed by atoms with Gasteiger partial charge >= 0.3 is 0 Å². The van der Waals surface area contributed by atoms with Crippen LogP contribution in [0.15, 0.2) is 48.7 Å². The van der Waals surface area contributed by atoms with Crippen molar-refractivity contribution in [2.75, 3.05) is 0 Å². The Morgan fingerprint density at radius 3 is 2.85 bits per heavy atom. The molecule has 0 fully saturated rings. The van der Waals surface area contributed by atoms with E-state index in [0.29, 0.717) is 13.0 Å². The second kappa shape index (κ2) is 6.65. The molecule has 6 heteroatoms. The van der Waals surface area contributed by atoms with E-state index in [1.165, 1.54) is 0 Å². The zero-order valence-electron chi connectivity index (χ0n) is 14.5. The number of aromatic nitrogens is 3. The Hall–Kier alpha value is -3.12. The lowest BCUT2D eigenvalue weighted by Gasteiger charge is -2.11. The van der Waals surface area contributed by atoms with Crippen molar-refractivity contribution in [1.82, 2.24) is 20.3 Å². The Bertz CT molecular complexity index is 1080. The fourth-order valence-electron chi connectivity index (χ4n) is 3.24. The van der Waals surface area contributed by atoms with Crippen molar-refractivity contribution in [3.8, 4) is 0 Å². The van der Waals surface area contributed by atoms with Crippen LogP contribution in [0.2, 0.25) is 0 Å². The quantitative estimate of drug-likeness (QED) is 0.446. The molecule has 4 rings (SSSR count). The summed E-state index contributed by atoms with van der Waals surface area (Å²) in [6, 6.07) is 13.4. The van der Waals surface area contributed by atoms with Crippen molar-refractivity contribution < 1.29 is 4.79 Å². The van der Waals surface area contributed by atoms with Crippen LogP contribution in [0.3, 0.4) is 0 Å². The molecule has 0 unspecified atom stereocenters. The van der Waals surface area contributed by atoms with E-state index in [1.54, 1.807) is 0 Å². The molecule has 6 nitrogen and oxygen atoms in total. The van der Waals surface area contributed by atoms with Crippen molar-refractivity contribution in [2.45, 2.75) is 25.9 Å². The molecule has 5 N–H and O–H groups in total. The molecule has 0 saturated carbocycles. The Kier molecular flexibility index (Phi) is 4.18. The number of benzene rings is 2. The molecule has 2 heterocycles. The van der Waals surface area contributed by atoms with Gasteiger partial charge in [-0.25, -0.2) is 4.98 Å². The number of hydrogen-bond acceptors (Lipinski definition) is 3. The summed E-state index contributed by atoms with van der Waals surface area (Å²) >= 11 is 0. The Labute approximate surface area is 150 Å². The minimum absolute atomic E-state index is 0.188. The highest BCUT2D eigenvalue weighted by atomic mass is 16.2. The molecule has 0 radical (unpaired) electrons. The number of fused-ring (bicyclic) bond motifs is 2. The van der Waals surface area contributed by atoms with Crippen molar-refractivity contribution in [3.05, 3.63) is 65.6 Å². The van der Waals surface area contributed by atoms with Crippen LogP contribution in [0.5, 0.6) is 0 Å². The maximum Gasteiger partial charge on any atom is 0.237 e. The van der Waals surface area contributed by atoms with Gasteiger partial charge in [0.25, 0.3) is 0 Å². The molecule has 4 aromatic rings. The largest absolute Gasteiger partial charge is 0.361 e. The molecule has 1 amide bonds. The minimum atomic E-state index is -0.611. The van der Waals surface area contributed by atoms with Gasteiger partial charge < -0.3 is 21.0 Å². The highest BCUT2D eigenvalue weighted by molar-refractivity contribution is 5.86. The van der Waals surface area contributed by atoms with Gasteiger partial charge in [0.2, 0.25) is 5.91 Å². The molecule has 132 valence electrons. The molecular formula is C20H21N5O. The number of rotatable bonds is 5. The number of H-pyrrole nitrogens is 2. The van der Waals surface area contributed by atoms with Gasteiger partial charge in [-0.3, -0.25) is 4.79 Å².